The van der Waals surface area contributed by atoms with Gasteiger partial charge in [-0.05, 0) is 42.5 Å². The molecule has 3 rings (SSSR count). The molecular formula is C19H27N3O2. The lowest BCUT2D eigenvalue weighted by Crippen LogP contribution is -2.37. The number of carbonyl (C=O) groups excluding carboxylic acids is 2. The summed E-state index contributed by atoms with van der Waals surface area (Å²) in [6.07, 6.45) is 7.82. The van der Waals surface area contributed by atoms with Crippen LogP contribution in [0, 0.1) is 5.92 Å². The van der Waals surface area contributed by atoms with Crippen molar-refractivity contribution >= 4 is 23.2 Å². The minimum Gasteiger partial charge on any atom is -0.325 e. The Balaban J connectivity index is 1.59. The Bertz CT molecular complexity index is 623. The van der Waals surface area contributed by atoms with Crippen LogP contribution in [0.5, 0.6) is 0 Å². The number of nitrogens with one attached hydrogen (secondary N) is 1. The summed E-state index contributed by atoms with van der Waals surface area (Å²) in [5.74, 6) is 0.533. The summed E-state index contributed by atoms with van der Waals surface area (Å²) in [5.41, 5.74) is 8.92. The summed E-state index contributed by atoms with van der Waals surface area (Å²) in [6, 6.07) is 5.27. The Morgan fingerprint density at radius 2 is 2.04 bits per heavy atom. The molecule has 0 aromatic heterocycles. The maximum atomic E-state index is 12.4. The molecule has 1 aromatic rings. The summed E-state index contributed by atoms with van der Waals surface area (Å²) in [7, 11) is 0. The summed E-state index contributed by atoms with van der Waals surface area (Å²) in [5, 5.41) is 2.94. The van der Waals surface area contributed by atoms with E-state index in [9.17, 15) is 9.59 Å². The first-order valence-electron chi connectivity index (χ1n) is 9.02. The van der Waals surface area contributed by atoms with E-state index in [-0.39, 0.29) is 11.8 Å². The van der Waals surface area contributed by atoms with Gasteiger partial charge in [0.05, 0.1) is 6.04 Å². The van der Waals surface area contributed by atoms with E-state index in [1.165, 1.54) is 32.1 Å². The first-order chi connectivity index (χ1) is 11.5. The van der Waals surface area contributed by atoms with Crippen molar-refractivity contribution in [2.24, 2.45) is 11.7 Å². The number of hydrogen-bond donors (Lipinski definition) is 2. The van der Waals surface area contributed by atoms with Crippen LogP contribution in [0.4, 0.5) is 11.4 Å². The molecule has 1 atom stereocenters. The van der Waals surface area contributed by atoms with E-state index in [4.69, 9.17) is 5.73 Å². The quantitative estimate of drug-likeness (QED) is 0.892. The van der Waals surface area contributed by atoms with E-state index >= 15 is 0 Å². The van der Waals surface area contributed by atoms with Crippen molar-refractivity contribution in [3.63, 3.8) is 0 Å². The fraction of sp³-hybridized carbons (Fsp3) is 0.579. The number of rotatable bonds is 4. The van der Waals surface area contributed by atoms with Gasteiger partial charge in [0.15, 0.2) is 0 Å². The van der Waals surface area contributed by atoms with Crippen molar-refractivity contribution in [3.8, 4) is 0 Å². The predicted molar refractivity (Wildman–Crippen MR) is 96.0 cm³/mol. The number of anilines is 2. The Morgan fingerprint density at radius 1 is 1.29 bits per heavy atom. The lowest BCUT2D eigenvalue weighted by Gasteiger charge is -2.24. The third-order valence-corrected chi connectivity index (χ3v) is 5.27. The molecule has 1 heterocycles. The molecule has 1 aromatic carbocycles. The minimum absolute atomic E-state index is 0.0556. The summed E-state index contributed by atoms with van der Waals surface area (Å²) in [4.78, 5) is 25.7. The van der Waals surface area contributed by atoms with Gasteiger partial charge in [0.25, 0.3) is 0 Å². The van der Waals surface area contributed by atoms with Gasteiger partial charge < -0.3 is 16.0 Å². The second-order valence-corrected chi connectivity index (χ2v) is 7.10. The van der Waals surface area contributed by atoms with Crippen molar-refractivity contribution in [1.82, 2.24) is 0 Å². The fourth-order valence-electron chi connectivity index (χ4n) is 3.93. The highest BCUT2D eigenvalue weighted by Gasteiger charge is 2.24. The number of hydrogen-bond acceptors (Lipinski definition) is 3. The normalized spacial score (nSPS) is 19.0. The number of amides is 2. The van der Waals surface area contributed by atoms with Crippen LogP contribution in [-0.4, -0.2) is 24.4 Å². The molecule has 0 spiro atoms. The molecular weight excluding hydrogens is 302 g/mol. The van der Waals surface area contributed by atoms with E-state index in [1.54, 1.807) is 11.8 Å². The number of benzene rings is 1. The Hall–Kier alpha value is -1.88. The minimum atomic E-state index is -0.449. The second-order valence-electron chi connectivity index (χ2n) is 7.10. The molecule has 2 amide bonds. The van der Waals surface area contributed by atoms with E-state index in [2.05, 4.69) is 5.32 Å². The fourth-order valence-corrected chi connectivity index (χ4v) is 3.93. The van der Waals surface area contributed by atoms with Crippen LogP contribution in [0.25, 0.3) is 0 Å². The first kappa shape index (κ1) is 17.0. The molecule has 0 saturated heterocycles. The van der Waals surface area contributed by atoms with Crippen LogP contribution in [0.15, 0.2) is 18.2 Å². The zero-order valence-corrected chi connectivity index (χ0v) is 14.4. The molecule has 1 aliphatic heterocycles. The lowest BCUT2D eigenvalue weighted by molar-refractivity contribution is -0.118. The molecule has 3 N–H and O–H groups in total. The molecule has 0 radical (unpaired) electrons. The predicted octanol–water partition coefficient (Wildman–Crippen LogP) is 2.83. The molecule has 1 aliphatic carbocycles. The average molecular weight is 329 g/mol. The molecule has 5 heteroatoms. The maximum absolute atomic E-state index is 12.4. The highest BCUT2D eigenvalue weighted by Crippen LogP contribution is 2.31. The zero-order chi connectivity index (χ0) is 17.1. The van der Waals surface area contributed by atoms with Gasteiger partial charge in [-0.2, -0.15) is 0 Å². The van der Waals surface area contributed by atoms with E-state index in [0.29, 0.717) is 12.5 Å². The van der Waals surface area contributed by atoms with Gasteiger partial charge in [0.2, 0.25) is 11.8 Å². The average Bonchev–Trinajstić information content (AvgIpc) is 2.99. The second kappa shape index (κ2) is 7.34. The van der Waals surface area contributed by atoms with E-state index in [0.717, 1.165) is 29.8 Å². The van der Waals surface area contributed by atoms with Crippen molar-refractivity contribution in [3.05, 3.63) is 23.8 Å². The zero-order valence-electron chi connectivity index (χ0n) is 14.4. The Labute approximate surface area is 143 Å². The van der Waals surface area contributed by atoms with E-state index in [1.807, 2.05) is 18.2 Å². The van der Waals surface area contributed by atoms with Crippen LogP contribution in [0.1, 0.15) is 51.0 Å². The number of fused-ring (bicyclic) bond motifs is 1. The van der Waals surface area contributed by atoms with Gasteiger partial charge >= 0.3 is 0 Å². The molecule has 130 valence electrons. The van der Waals surface area contributed by atoms with Gasteiger partial charge in [-0.25, -0.2) is 0 Å². The SMILES string of the molecule is CC(=O)N1CCc2cc(NC(=O)C(N)CC3CCCCC3)ccc21. The number of carbonyl (C=O) groups is 2. The largest absolute Gasteiger partial charge is 0.325 e. The standard InChI is InChI=1S/C19H27N3O2/c1-13(23)22-10-9-15-12-16(7-8-18(15)22)21-19(24)17(20)11-14-5-3-2-4-6-14/h7-8,12,14,17H,2-6,9-11,20H2,1H3,(H,21,24). The van der Waals surface area contributed by atoms with Gasteiger partial charge in [-0.15, -0.1) is 0 Å². The van der Waals surface area contributed by atoms with Crippen molar-refractivity contribution in [2.75, 3.05) is 16.8 Å². The smallest absolute Gasteiger partial charge is 0.241 e. The van der Waals surface area contributed by atoms with Crippen molar-refractivity contribution in [1.29, 1.82) is 0 Å². The Morgan fingerprint density at radius 3 is 2.75 bits per heavy atom. The maximum Gasteiger partial charge on any atom is 0.241 e. The van der Waals surface area contributed by atoms with Crippen LogP contribution >= 0.6 is 0 Å². The van der Waals surface area contributed by atoms with Gasteiger partial charge in [-0.1, -0.05) is 32.1 Å². The molecule has 0 bridgehead atoms. The monoisotopic (exact) mass is 329 g/mol. The summed E-state index contributed by atoms with van der Waals surface area (Å²) in [6.45, 7) is 2.29. The van der Waals surface area contributed by atoms with E-state index < -0.39 is 6.04 Å². The molecule has 1 saturated carbocycles. The summed E-state index contributed by atoms with van der Waals surface area (Å²) < 4.78 is 0. The van der Waals surface area contributed by atoms with Crippen LogP contribution in [-0.2, 0) is 16.0 Å². The van der Waals surface area contributed by atoms with Crippen molar-refractivity contribution < 1.29 is 9.59 Å². The molecule has 24 heavy (non-hydrogen) atoms. The first-order valence-corrected chi connectivity index (χ1v) is 9.02. The van der Waals surface area contributed by atoms with Gasteiger partial charge in [0, 0.05) is 24.8 Å². The van der Waals surface area contributed by atoms with Crippen LogP contribution in [0.2, 0.25) is 0 Å². The van der Waals surface area contributed by atoms with Crippen LogP contribution < -0.4 is 16.0 Å². The van der Waals surface area contributed by atoms with Gasteiger partial charge in [-0.3, -0.25) is 9.59 Å². The summed E-state index contributed by atoms with van der Waals surface area (Å²) >= 11 is 0. The van der Waals surface area contributed by atoms with Gasteiger partial charge in [0.1, 0.15) is 0 Å². The third-order valence-electron chi connectivity index (χ3n) is 5.27. The third kappa shape index (κ3) is 3.78. The Kier molecular flexibility index (Phi) is 5.19. The topological polar surface area (TPSA) is 75.4 Å². The molecule has 1 unspecified atom stereocenters. The van der Waals surface area contributed by atoms with Crippen molar-refractivity contribution in [2.45, 2.75) is 57.9 Å². The molecule has 2 aliphatic rings. The molecule has 1 fully saturated rings. The lowest BCUT2D eigenvalue weighted by atomic mass is 9.85. The number of nitrogens with zero attached hydrogens (tertiary/aromatic N) is 1. The highest BCUT2D eigenvalue weighted by atomic mass is 16.2. The number of nitrogens with two attached hydrogens (primary N) is 1. The highest BCUT2D eigenvalue weighted by molar-refractivity contribution is 5.97. The molecule has 5 nitrogen and oxygen atoms in total. The van der Waals surface area contributed by atoms with Crippen LogP contribution in [0.3, 0.4) is 0 Å².